The van der Waals surface area contributed by atoms with Crippen molar-refractivity contribution in [2.24, 2.45) is 5.73 Å². The third-order valence-corrected chi connectivity index (χ3v) is 4.04. The molecule has 1 aliphatic rings. The molecule has 1 aromatic rings. The van der Waals surface area contributed by atoms with Gasteiger partial charge >= 0.3 is 0 Å². The minimum atomic E-state index is 0.621. The number of benzene rings is 1. The maximum atomic E-state index is 5.87. The number of hydrogen-bond donors (Lipinski definition) is 1. The summed E-state index contributed by atoms with van der Waals surface area (Å²) in [5, 5.41) is 0. The molecule has 0 atom stereocenters. The molecular formula is C16H28N4. The molecule has 0 aliphatic carbocycles. The largest absolute Gasteiger partial charge is 0.369 e. The van der Waals surface area contributed by atoms with Crippen LogP contribution >= 0.6 is 0 Å². The van der Waals surface area contributed by atoms with Crippen molar-refractivity contribution in [3.05, 3.63) is 29.3 Å². The van der Waals surface area contributed by atoms with Gasteiger partial charge in [0.05, 0.1) is 0 Å². The van der Waals surface area contributed by atoms with Gasteiger partial charge in [0.1, 0.15) is 0 Å². The van der Waals surface area contributed by atoms with E-state index in [1.165, 1.54) is 23.4 Å². The van der Waals surface area contributed by atoms with Gasteiger partial charge in [0.2, 0.25) is 0 Å². The quantitative estimate of drug-likeness (QED) is 0.875. The normalized spacial score (nSPS) is 16.9. The summed E-state index contributed by atoms with van der Waals surface area (Å²) in [4.78, 5) is 7.29. The van der Waals surface area contributed by atoms with Crippen LogP contribution in [0.2, 0.25) is 0 Å². The Hall–Kier alpha value is -1.10. The smallest absolute Gasteiger partial charge is 0.0415 e. The molecule has 112 valence electrons. The van der Waals surface area contributed by atoms with Crippen LogP contribution in [0.4, 0.5) is 5.69 Å². The zero-order valence-electron chi connectivity index (χ0n) is 13.1. The van der Waals surface area contributed by atoms with Gasteiger partial charge in [0.15, 0.2) is 0 Å². The topological polar surface area (TPSA) is 35.7 Å². The van der Waals surface area contributed by atoms with Crippen molar-refractivity contribution in [2.45, 2.75) is 13.5 Å². The Balaban J connectivity index is 1.95. The van der Waals surface area contributed by atoms with E-state index in [1.807, 2.05) is 0 Å². The van der Waals surface area contributed by atoms with Gasteiger partial charge in [-0.2, -0.15) is 0 Å². The maximum absolute atomic E-state index is 5.87. The molecule has 1 aliphatic heterocycles. The van der Waals surface area contributed by atoms with Crippen LogP contribution < -0.4 is 10.6 Å². The van der Waals surface area contributed by atoms with Crippen LogP contribution in [0.3, 0.4) is 0 Å². The summed E-state index contributed by atoms with van der Waals surface area (Å²) in [6, 6.07) is 6.60. The third-order valence-electron chi connectivity index (χ3n) is 4.04. The molecule has 0 bridgehead atoms. The molecular weight excluding hydrogens is 248 g/mol. The first-order chi connectivity index (χ1) is 9.60. The summed E-state index contributed by atoms with van der Waals surface area (Å²) in [5.41, 5.74) is 9.78. The molecule has 4 heteroatoms. The highest BCUT2D eigenvalue weighted by Gasteiger charge is 2.18. The second-order valence-electron chi connectivity index (χ2n) is 5.97. The first-order valence-corrected chi connectivity index (χ1v) is 7.52. The van der Waals surface area contributed by atoms with Crippen LogP contribution in [0.1, 0.15) is 11.1 Å². The van der Waals surface area contributed by atoms with E-state index in [4.69, 9.17) is 5.73 Å². The molecule has 2 rings (SSSR count). The van der Waals surface area contributed by atoms with Crippen molar-refractivity contribution in [1.29, 1.82) is 0 Å². The van der Waals surface area contributed by atoms with E-state index in [1.54, 1.807) is 0 Å². The SMILES string of the molecule is Cc1ccc(CN)c(N2CCN(CCN(C)C)CC2)c1. The van der Waals surface area contributed by atoms with Crippen molar-refractivity contribution in [1.82, 2.24) is 9.80 Å². The Kier molecular flexibility index (Phi) is 5.40. The number of nitrogens with two attached hydrogens (primary N) is 1. The summed E-state index contributed by atoms with van der Waals surface area (Å²) in [6.45, 7) is 9.57. The lowest BCUT2D eigenvalue weighted by Crippen LogP contribution is -2.48. The molecule has 0 aromatic heterocycles. The summed E-state index contributed by atoms with van der Waals surface area (Å²) >= 11 is 0. The zero-order chi connectivity index (χ0) is 14.5. The van der Waals surface area contributed by atoms with E-state index in [0.717, 1.165) is 32.7 Å². The van der Waals surface area contributed by atoms with Gasteiger partial charge in [-0.15, -0.1) is 0 Å². The van der Waals surface area contributed by atoms with E-state index >= 15 is 0 Å². The van der Waals surface area contributed by atoms with Gasteiger partial charge in [0, 0.05) is 51.5 Å². The van der Waals surface area contributed by atoms with Gasteiger partial charge in [0.25, 0.3) is 0 Å². The van der Waals surface area contributed by atoms with E-state index < -0.39 is 0 Å². The summed E-state index contributed by atoms with van der Waals surface area (Å²) in [5.74, 6) is 0. The first-order valence-electron chi connectivity index (χ1n) is 7.52. The minimum absolute atomic E-state index is 0.621. The Bertz CT molecular complexity index is 422. The Morgan fingerprint density at radius 2 is 1.85 bits per heavy atom. The average Bonchev–Trinajstić information content (AvgIpc) is 2.45. The number of hydrogen-bond acceptors (Lipinski definition) is 4. The Labute approximate surface area is 123 Å². The summed E-state index contributed by atoms with van der Waals surface area (Å²) in [6.07, 6.45) is 0. The maximum Gasteiger partial charge on any atom is 0.0415 e. The van der Waals surface area contributed by atoms with Crippen LogP contribution in [0.15, 0.2) is 18.2 Å². The summed E-state index contributed by atoms with van der Waals surface area (Å²) in [7, 11) is 4.27. The third kappa shape index (κ3) is 3.95. The lowest BCUT2D eigenvalue weighted by Gasteiger charge is -2.37. The highest BCUT2D eigenvalue weighted by atomic mass is 15.3. The number of rotatable bonds is 5. The molecule has 0 unspecified atom stereocenters. The molecule has 4 nitrogen and oxygen atoms in total. The van der Waals surface area contributed by atoms with Gasteiger partial charge in [-0.25, -0.2) is 0 Å². The molecule has 1 aromatic carbocycles. The lowest BCUT2D eigenvalue weighted by molar-refractivity contribution is 0.229. The van der Waals surface area contributed by atoms with Crippen molar-refractivity contribution in [3.8, 4) is 0 Å². The second kappa shape index (κ2) is 7.07. The zero-order valence-corrected chi connectivity index (χ0v) is 13.1. The number of nitrogens with zero attached hydrogens (tertiary/aromatic N) is 3. The molecule has 0 radical (unpaired) electrons. The highest BCUT2D eigenvalue weighted by molar-refractivity contribution is 5.55. The number of aryl methyl sites for hydroxylation is 1. The Morgan fingerprint density at radius 3 is 2.45 bits per heavy atom. The van der Waals surface area contributed by atoms with E-state index in [-0.39, 0.29) is 0 Å². The van der Waals surface area contributed by atoms with Gasteiger partial charge in [-0.3, -0.25) is 4.90 Å². The van der Waals surface area contributed by atoms with Crippen LogP contribution in [0.25, 0.3) is 0 Å². The number of anilines is 1. The summed E-state index contributed by atoms with van der Waals surface area (Å²) < 4.78 is 0. The minimum Gasteiger partial charge on any atom is -0.369 e. The fraction of sp³-hybridized carbons (Fsp3) is 0.625. The van der Waals surface area contributed by atoms with Crippen LogP contribution in [0.5, 0.6) is 0 Å². The van der Waals surface area contributed by atoms with Crippen molar-refractivity contribution in [2.75, 3.05) is 58.3 Å². The molecule has 1 heterocycles. The van der Waals surface area contributed by atoms with Crippen LogP contribution in [0, 0.1) is 6.92 Å². The number of piperazine rings is 1. The molecule has 1 fully saturated rings. The molecule has 20 heavy (non-hydrogen) atoms. The second-order valence-corrected chi connectivity index (χ2v) is 5.97. The van der Waals surface area contributed by atoms with Gasteiger partial charge < -0.3 is 15.5 Å². The lowest BCUT2D eigenvalue weighted by atomic mass is 10.1. The fourth-order valence-electron chi connectivity index (χ4n) is 2.69. The molecule has 0 saturated carbocycles. The van der Waals surface area contributed by atoms with Crippen LogP contribution in [-0.4, -0.2) is 63.2 Å². The first kappa shape index (κ1) is 15.3. The van der Waals surface area contributed by atoms with E-state index in [2.05, 4.69) is 53.9 Å². The fourth-order valence-corrected chi connectivity index (χ4v) is 2.69. The average molecular weight is 276 g/mol. The van der Waals surface area contributed by atoms with Crippen molar-refractivity contribution in [3.63, 3.8) is 0 Å². The van der Waals surface area contributed by atoms with Gasteiger partial charge in [-0.05, 0) is 38.2 Å². The van der Waals surface area contributed by atoms with Crippen molar-refractivity contribution >= 4 is 5.69 Å². The standard InChI is InChI=1S/C16H28N4/c1-14-4-5-15(13-17)16(12-14)20-10-8-19(9-11-20)7-6-18(2)3/h4-5,12H,6-11,13,17H2,1-3H3. The monoisotopic (exact) mass is 276 g/mol. The van der Waals surface area contributed by atoms with E-state index in [0.29, 0.717) is 6.54 Å². The van der Waals surface area contributed by atoms with Crippen LogP contribution in [-0.2, 0) is 6.54 Å². The highest BCUT2D eigenvalue weighted by Crippen LogP contribution is 2.23. The Morgan fingerprint density at radius 1 is 1.15 bits per heavy atom. The molecule has 0 amide bonds. The molecule has 2 N–H and O–H groups in total. The number of likely N-dealkylation sites (N-methyl/N-ethyl adjacent to an activating group) is 1. The predicted molar refractivity (Wildman–Crippen MR) is 86.3 cm³/mol. The van der Waals surface area contributed by atoms with E-state index in [9.17, 15) is 0 Å². The predicted octanol–water partition coefficient (Wildman–Crippen LogP) is 1.14. The van der Waals surface area contributed by atoms with Crippen molar-refractivity contribution < 1.29 is 0 Å². The molecule has 0 spiro atoms. The van der Waals surface area contributed by atoms with Gasteiger partial charge in [-0.1, -0.05) is 12.1 Å². The molecule has 1 saturated heterocycles.